The number of nitrogens with zero attached hydrogens (tertiary/aromatic N) is 12. The Morgan fingerprint density at radius 2 is 0.623 bits per heavy atom. The number of hydrogen-bond acceptors (Lipinski definition) is 24. The summed E-state index contributed by atoms with van der Waals surface area (Å²) in [5.74, 6) is -2.02. The Bertz CT molecular complexity index is 2330. The maximum absolute atomic E-state index is 11.0. The van der Waals surface area contributed by atoms with Crippen molar-refractivity contribution in [2.75, 3.05) is 56.8 Å². The van der Waals surface area contributed by atoms with Crippen molar-refractivity contribution >= 4 is 87.2 Å². The minimum Gasteiger partial charge on any atom is -0.465 e. The molecule has 0 fully saturated rings. The van der Waals surface area contributed by atoms with E-state index in [9.17, 15) is 28.8 Å². The van der Waals surface area contributed by atoms with Gasteiger partial charge in [-0.15, -0.1) is 0 Å². The van der Waals surface area contributed by atoms with Gasteiger partial charge in [-0.05, 0) is 19.3 Å². The van der Waals surface area contributed by atoms with Gasteiger partial charge in [0.25, 0.3) is 0 Å². The van der Waals surface area contributed by atoms with Crippen LogP contribution < -0.4 is 17.2 Å². The second-order valence-corrected chi connectivity index (χ2v) is 15.4. The number of nitrogen functional groups attached to an aromatic ring is 3. The van der Waals surface area contributed by atoms with E-state index < -0.39 is 0 Å². The van der Waals surface area contributed by atoms with Crippen LogP contribution in [-0.4, -0.2) is 134 Å². The Hall–Kier alpha value is -8.13. The Kier molecular flexibility index (Phi) is 20.8. The highest BCUT2D eigenvalue weighted by Gasteiger charge is 2.18. The third-order valence-corrected chi connectivity index (χ3v) is 9.60. The van der Waals surface area contributed by atoms with Crippen molar-refractivity contribution < 1.29 is 57.2 Å². The molecule has 6 aromatic rings. The summed E-state index contributed by atoms with van der Waals surface area (Å²) in [5, 5.41) is 0. The van der Waals surface area contributed by atoms with Crippen molar-refractivity contribution in [2.45, 2.75) is 80.4 Å². The summed E-state index contributed by atoms with van der Waals surface area (Å²) in [6.45, 7) is 10.9. The zero-order valence-corrected chi connectivity index (χ0v) is 39.2. The first-order chi connectivity index (χ1) is 32.9. The second kappa shape index (κ2) is 26.9. The molecule has 0 aliphatic carbocycles. The molecular weight excluding hydrogens is 907 g/mol. The zero-order chi connectivity index (χ0) is 50.5. The van der Waals surface area contributed by atoms with Crippen LogP contribution in [0.2, 0.25) is 0 Å². The van der Waals surface area contributed by atoms with E-state index in [2.05, 4.69) is 44.9 Å². The molecule has 6 rings (SSSR count). The molecule has 0 amide bonds. The van der Waals surface area contributed by atoms with E-state index in [0.29, 0.717) is 72.4 Å². The van der Waals surface area contributed by atoms with Crippen LogP contribution in [0.25, 0.3) is 33.5 Å². The number of fused-ring (bicyclic) bond motifs is 3. The lowest BCUT2D eigenvalue weighted by molar-refractivity contribution is -0.148. The fraction of sp³-hybridized carbons (Fsp3) is 0.500. The molecule has 0 aliphatic rings. The topological polar surface area (TPSA) is 367 Å². The molecule has 0 saturated carbocycles. The van der Waals surface area contributed by atoms with Crippen LogP contribution in [-0.2, 0) is 76.8 Å². The van der Waals surface area contributed by atoms with Gasteiger partial charge in [0.05, 0.1) is 77.2 Å². The Labute approximate surface area is 394 Å². The van der Waals surface area contributed by atoms with Gasteiger partial charge in [0, 0.05) is 78.9 Å². The van der Waals surface area contributed by atoms with Crippen LogP contribution in [0.3, 0.4) is 0 Å². The van der Waals surface area contributed by atoms with E-state index in [4.69, 9.17) is 45.6 Å². The summed E-state index contributed by atoms with van der Waals surface area (Å²) in [5.41, 5.74) is 20.6. The van der Waals surface area contributed by atoms with Gasteiger partial charge in [-0.3, -0.25) is 28.8 Å². The molecule has 6 heterocycles. The number of ether oxygens (including phenoxy) is 6. The van der Waals surface area contributed by atoms with E-state index in [1.807, 2.05) is 13.7 Å². The molecule has 0 saturated heterocycles. The highest BCUT2D eigenvalue weighted by molar-refractivity contribution is 5.72. The average Bonchev–Trinajstić information content (AvgIpc) is 4.01. The van der Waals surface area contributed by atoms with Gasteiger partial charge in [-0.25, -0.2) is 29.9 Å². The third-order valence-electron chi connectivity index (χ3n) is 9.60. The number of imidazole rings is 3. The first-order valence-corrected chi connectivity index (χ1v) is 21.5. The van der Waals surface area contributed by atoms with Crippen molar-refractivity contribution in [1.29, 1.82) is 0 Å². The highest BCUT2D eigenvalue weighted by atomic mass is 16.6. The summed E-state index contributed by atoms with van der Waals surface area (Å²) >= 11 is 0. The van der Waals surface area contributed by atoms with E-state index in [-0.39, 0.29) is 111 Å². The van der Waals surface area contributed by atoms with E-state index in [1.165, 1.54) is 41.5 Å². The molecule has 0 spiro atoms. The maximum Gasteiger partial charge on any atom is 0.302 e. The number of hydrogen-bond donors (Lipinski definition) is 3. The first kappa shape index (κ1) is 53.5. The smallest absolute Gasteiger partial charge is 0.302 e. The van der Waals surface area contributed by atoms with Crippen LogP contribution in [0.15, 0.2) is 37.6 Å². The van der Waals surface area contributed by atoms with Crippen molar-refractivity contribution in [1.82, 2.24) is 58.6 Å². The van der Waals surface area contributed by atoms with E-state index in [0.717, 1.165) is 0 Å². The minimum atomic E-state index is -0.369. The summed E-state index contributed by atoms with van der Waals surface area (Å²) in [4.78, 5) is 102. The summed E-state index contributed by atoms with van der Waals surface area (Å²) in [6.07, 6.45) is 11.5. The van der Waals surface area contributed by atoms with Crippen molar-refractivity contribution in [3.8, 4) is 0 Å². The molecule has 6 aromatic heterocycles. The number of aromatic nitrogens is 12. The van der Waals surface area contributed by atoms with Gasteiger partial charge in [0.15, 0.2) is 16.9 Å². The monoisotopic (exact) mass is 963 g/mol. The van der Waals surface area contributed by atoms with Crippen LogP contribution in [0.5, 0.6) is 0 Å². The number of aryl methyl sites for hydroxylation is 3. The number of nitrogens with two attached hydrogens (primary N) is 3. The Morgan fingerprint density at radius 1 is 0.406 bits per heavy atom. The van der Waals surface area contributed by atoms with E-state index in [1.54, 1.807) is 37.6 Å². The fourth-order valence-electron chi connectivity index (χ4n) is 6.12. The Balaban J connectivity index is 0.000000225. The van der Waals surface area contributed by atoms with Gasteiger partial charge in [-0.2, -0.15) is 15.0 Å². The molecule has 0 aromatic carbocycles. The molecule has 0 unspecified atom stereocenters. The van der Waals surface area contributed by atoms with Gasteiger partial charge in [-0.1, -0.05) is 0 Å². The molecule has 372 valence electrons. The lowest BCUT2D eigenvalue weighted by atomic mass is 10.1. The number of carbonyl (C=O) groups excluding carboxylic acids is 6. The van der Waals surface area contributed by atoms with Crippen LogP contribution >= 0.6 is 0 Å². The SMILES string of the molecule is CC(=O)OCC(CCn1cnc2cnc(N)nc21)COC(C)=O.CC(=O)OCC(CCn1cnc2cnc(N)nc21)COC(C)=O.CC(=O)OCC(CCn1cnc2cnc(N)nc21)COC(C)=O. The molecular formula is C42H57N15O12. The predicted octanol–water partition coefficient (Wildman–Crippen LogP) is 1.62. The lowest BCUT2D eigenvalue weighted by Crippen LogP contribution is -2.21. The lowest BCUT2D eigenvalue weighted by Gasteiger charge is -2.16. The summed E-state index contributed by atoms with van der Waals surface area (Å²) in [7, 11) is 0. The molecule has 0 radical (unpaired) electrons. The standard InChI is InChI=1S/3C14H19N5O4/c3*1-9(20)22-6-11(7-23-10(2)21)3-4-19-8-17-12-5-16-14(15)18-13(12)19/h3*5,8,11H,3-4,6-7H2,1-2H3,(H2,15,16,18). The molecule has 0 aliphatic heterocycles. The van der Waals surface area contributed by atoms with Crippen molar-refractivity contribution in [3.63, 3.8) is 0 Å². The van der Waals surface area contributed by atoms with Gasteiger partial charge in [0.2, 0.25) is 17.8 Å². The van der Waals surface area contributed by atoms with Crippen LogP contribution in [0.1, 0.15) is 60.8 Å². The number of esters is 6. The molecule has 6 N–H and O–H groups in total. The third kappa shape index (κ3) is 18.9. The molecule has 0 atom stereocenters. The molecule has 27 heteroatoms. The average molecular weight is 964 g/mol. The van der Waals surface area contributed by atoms with Crippen LogP contribution in [0.4, 0.5) is 17.8 Å². The van der Waals surface area contributed by atoms with Gasteiger partial charge >= 0.3 is 35.8 Å². The minimum absolute atomic E-state index is 0.112. The number of anilines is 3. The van der Waals surface area contributed by atoms with E-state index >= 15 is 0 Å². The fourth-order valence-corrected chi connectivity index (χ4v) is 6.12. The quantitative estimate of drug-likeness (QED) is 0.0681. The summed E-state index contributed by atoms with van der Waals surface area (Å²) < 4.78 is 35.6. The predicted molar refractivity (Wildman–Crippen MR) is 243 cm³/mol. The normalized spacial score (nSPS) is 10.9. The van der Waals surface area contributed by atoms with Crippen LogP contribution in [0, 0.1) is 17.8 Å². The van der Waals surface area contributed by atoms with Crippen molar-refractivity contribution in [3.05, 3.63) is 37.6 Å². The van der Waals surface area contributed by atoms with Crippen molar-refractivity contribution in [2.24, 2.45) is 17.8 Å². The zero-order valence-electron chi connectivity index (χ0n) is 39.2. The maximum atomic E-state index is 11.0. The first-order valence-electron chi connectivity index (χ1n) is 21.5. The second-order valence-electron chi connectivity index (χ2n) is 15.4. The Morgan fingerprint density at radius 3 is 0.826 bits per heavy atom. The van der Waals surface area contributed by atoms with Gasteiger partial charge < -0.3 is 59.3 Å². The summed E-state index contributed by atoms with van der Waals surface area (Å²) in [6, 6.07) is 0. The van der Waals surface area contributed by atoms with Gasteiger partial charge in [0.1, 0.15) is 16.6 Å². The molecule has 0 bridgehead atoms. The molecule has 27 nitrogen and oxygen atoms in total. The number of carbonyl (C=O) groups is 6. The largest absolute Gasteiger partial charge is 0.465 e. The number of rotatable bonds is 21. The highest BCUT2D eigenvalue weighted by Crippen LogP contribution is 2.17. The molecule has 69 heavy (non-hydrogen) atoms.